The summed E-state index contributed by atoms with van der Waals surface area (Å²) in [7, 11) is 3.33. The van der Waals surface area contributed by atoms with Crippen LogP contribution in [0.1, 0.15) is 32.8 Å². The van der Waals surface area contributed by atoms with Crippen LogP contribution in [0.5, 0.6) is 11.5 Å². The minimum Gasteiger partial charge on any atom is -0.493 e. The van der Waals surface area contributed by atoms with Crippen molar-refractivity contribution in [3.63, 3.8) is 0 Å². The lowest BCUT2D eigenvalue weighted by molar-refractivity contribution is 0.0997. The van der Waals surface area contributed by atoms with Crippen molar-refractivity contribution in [1.29, 1.82) is 0 Å². The number of aryl methyl sites for hydroxylation is 1. The number of amides is 1. The van der Waals surface area contributed by atoms with E-state index in [9.17, 15) is 9.59 Å². The van der Waals surface area contributed by atoms with E-state index < -0.39 is 5.91 Å². The number of nitrogens with zero attached hydrogens (tertiary/aromatic N) is 1. The molecular formula is C30H30N2O5. The number of methoxy groups -OCH3 is 2. The molecule has 1 N–H and O–H groups in total. The molecule has 0 spiro atoms. The predicted molar refractivity (Wildman–Crippen MR) is 144 cm³/mol. The van der Waals surface area contributed by atoms with Gasteiger partial charge in [-0.05, 0) is 78.4 Å². The van der Waals surface area contributed by atoms with E-state index in [4.69, 9.17) is 13.9 Å². The minimum absolute atomic E-state index is 0.00759. The Labute approximate surface area is 215 Å². The Balaban J connectivity index is 1.20. The average molecular weight is 499 g/mol. The van der Waals surface area contributed by atoms with Gasteiger partial charge in [0.2, 0.25) is 0 Å². The van der Waals surface area contributed by atoms with Gasteiger partial charge >= 0.3 is 0 Å². The molecule has 190 valence electrons. The van der Waals surface area contributed by atoms with Crippen molar-refractivity contribution in [1.82, 2.24) is 4.90 Å². The van der Waals surface area contributed by atoms with Crippen molar-refractivity contribution in [2.75, 3.05) is 32.6 Å². The average Bonchev–Trinajstić information content (AvgIpc) is 2.91. The van der Waals surface area contributed by atoms with Crippen LogP contribution >= 0.6 is 0 Å². The van der Waals surface area contributed by atoms with E-state index in [1.54, 1.807) is 26.4 Å². The molecule has 0 saturated heterocycles. The van der Waals surface area contributed by atoms with Crippen LogP contribution in [-0.4, -0.2) is 38.1 Å². The molecule has 4 aromatic rings. The Kier molecular flexibility index (Phi) is 6.97. The molecule has 0 fully saturated rings. The van der Waals surface area contributed by atoms with Gasteiger partial charge in [0, 0.05) is 31.4 Å². The third kappa shape index (κ3) is 5.37. The fourth-order valence-electron chi connectivity index (χ4n) is 4.74. The Morgan fingerprint density at radius 2 is 1.70 bits per heavy atom. The molecule has 1 amide bonds. The molecule has 5 rings (SSSR count). The van der Waals surface area contributed by atoms with Gasteiger partial charge < -0.3 is 19.2 Å². The Morgan fingerprint density at radius 1 is 0.973 bits per heavy atom. The topological polar surface area (TPSA) is 81.0 Å². The van der Waals surface area contributed by atoms with E-state index in [1.807, 2.05) is 37.3 Å². The Bertz CT molecular complexity index is 1510. The SMILES string of the molecule is COc1cc2c(cc1OC)CN(CCc1ccc(NC(=O)c3cc(=O)c4ccc(C)cc4o3)cc1)CC2. The fraction of sp³-hybridized carbons (Fsp3) is 0.267. The smallest absolute Gasteiger partial charge is 0.291 e. The van der Waals surface area contributed by atoms with E-state index in [0.29, 0.717) is 16.7 Å². The van der Waals surface area contributed by atoms with Crippen LogP contribution in [0.15, 0.2) is 69.9 Å². The van der Waals surface area contributed by atoms with Gasteiger partial charge in [0.15, 0.2) is 22.7 Å². The van der Waals surface area contributed by atoms with Gasteiger partial charge in [-0.25, -0.2) is 0 Å². The van der Waals surface area contributed by atoms with Crippen LogP contribution in [0.3, 0.4) is 0 Å². The molecule has 1 aromatic heterocycles. The number of anilines is 1. The summed E-state index contributed by atoms with van der Waals surface area (Å²) >= 11 is 0. The first-order valence-electron chi connectivity index (χ1n) is 12.3. The highest BCUT2D eigenvalue weighted by Gasteiger charge is 2.19. The third-order valence-electron chi connectivity index (χ3n) is 6.83. The summed E-state index contributed by atoms with van der Waals surface area (Å²) in [5, 5.41) is 3.29. The molecule has 0 bridgehead atoms. The van der Waals surface area contributed by atoms with E-state index >= 15 is 0 Å². The summed E-state index contributed by atoms with van der Waals surface area (Å²) < 4.78 is 16.6. The maximum Gasteiger partial charge on any atom is 0.291 e. The van der Waals surface area contributed by atoms with Crippen molar-refractivity contribution in [2.45, 2.75) is 26.3 Å². The number of carbonyl (C=O) groups is 1. The highest BCUT2D eigenvalue weighted by atomic mass is 16.5. The van der Waals surface area contributed by atoms with Crippen LogP contribution < -0.4 is 20.2 Å². The lowest BCUT2D eigenvalue weighted by atomic mass is 9.98. The zero-order valence-electron chi connectivity index (χ0n) is 21.3. The first-order valence-corrected chi connectivity index (χ1v) is 12.3. The lowest BCUT2D eigenvalue weighted by Crippen LogP contribution is -2.32. The van der Waals surface area contributed by atoms with Crippen molar-refractivity contribution in [2.24, 2.45) is 0 Å². The number of ether oxygens (including phenoxy) is 2. The molecule has 0 saturated carbocycles. The third-order valence-corrected chi connectivity index (χ3v) is 6.83. The summed E-state index contributed by atoms with van der Waals surface area (Å²) in [5.41, 5.74) is 5.55. The Hall–Kier alpha value is -4.10. The standard InChI is InChI=1S/C30H30N2O5/c1-19-4-9-24-25(33)17-29(37-26(24)14-19)30(34)31-23-7-5-20(6-8-23)10-12-32-13-11-21-15-27(35-2)28(36-3)16-22(21)18-32/h4-9,14-17H,10-13,18H2,1-3H3,(H,31,34). The van der Waals surface area contributed by atoms with E-state index in [-0.39, 0.29) is 11.2 Å². The zero-order valence-corrected chi connectivity index (χ0v) is 21.3. The van der Waals surface area contributed by atoms with Gasteiger partial charge in [0.1, 0.15) is 5.58 Å². The molecule has 3 aromatic carbocycles. The number of benzene rings is 3. The van der Waals surface area contributed by atoms with Crippen LogP contribution in [0.25, 0.3) is 11.0 Å². The van der Waals surface area contributed by atoms with E-state index in [2.05, 4.69) is 22.3 Å². The van der Waals surface area contributed by atoms with Gasteiger partial charge in [0.05, 0.1) is 19.6 Å². The molecule has 7 nitrogen and oxygen atoms in total. The molecule has 0 radical (unpaired) electrons. The summed E-state index contributed by atoms with van der Waals surface area (Å²) in [5.74, 6) is 1.08. The van der Waals surface area contributed by atoms with Gasteiger partial charge in [-0.1, -0.05) is 18.2 Å². The van der Waals surface area contributed by atoms with Crippen LogP contribution in [0, 0.1) is 6.92 Å². The van der Waals surface area contributed by atoms with Gasteiger partial charge in [-0.3, -0.25) is 14.5 Å². The molecule has 37 heavy (non-hydrogen) atoms. The summed E-state index contributed by atoms with van der Waals surface area (Å²) in [6.07, 6.45) is 1.88. The lowest BCUT2D eigenvalue weighted by Gasteiger charge is -2.29. The minimum atomic E-state index is -0.452. The summed E-state index contributed by atoms with van der Waals surface area (Å²) in [4.78, 5) is 27.6. The first-order chi connectivity index (χ1) is 17.9. The fourth-order valence-corrected chi connectivity index (χ4v) is 4.74. The Morgan fingerprint density at radius 3 is 2.43 bits per heavy atom. The summed E-state index contributed by atoms with van der Waals surface area (Å²) in [6, 6.07) is 18.5. The predicted octanol–water partition coefficient (Wildman–Crippen LogP) is 4.97. The largest absolute Gasteiger partial charge is 0.493 e. The molecule has 0 atom stereocenters. The molecular weight excluding hydrogens is 468 g/mol. The summed E-state index contributed by atoms with van der Waals surface area (Å²) in [6.45, 7) is 4.71. The molecule has 0 unspecified atom stereocenters. The molecule has 1 aliphatic rings. The van der Waals surface area contributed by atoms with Gasteiger partial charge in [-0.15, -0.1) is 0 Å². The van der Waals surface area contributed by atoms with Crippen molar-refractivity contribution in [3.05, 3.63) is 98.9 Å². The monoisotopic (exact) mass is 498 g/mol. The maximum atomic E-state index is 12.7. The van der Waals surface area contributed by atoms with E-state index in [1.165, 1.54) is 22.8 Å². The second-order valence-corrected chi connectivity index (χ2v) is 9.38. The molecule has 2 heterocycles. The van der Waals surface area contributed by atoms with Gasteiger partial charge in [0.25, 0.3) is 5.91 Å². The number of rotatable bonds is 7. The van der Waals surface area contributed by atoms with Crippen LogP contribution in [0.2, 0.25) is 0 Å². The maximum absolute atomic E-state index is 12.7. The van der Waals surface area contributed by atoms with E-state index in [0.717, 1.165) is 49.5 Å². The molecule has 7 heteroatoms. The quantitative estimate of drug-likeness (QED) is 0.387. The van der Waals surface area contributed by atoms with Gasteiger partial charge in [-0.2, -0.15) is 0 Å². The number of carbonyl (C=O) groups excluding carboxylic acids is 1. The highest BCUT2D eigenvalue weighted by molar-refractivity contribution is 6.03. The second kappa shape index (κ2) is 10.5. The van der Waals surface area contributed by atoms with Crippen LogP contribution in [-0.2, 0) is 19.4 Å². The number of hydrogen-bond acceptors (Lipinski definition) is 6. The highest BCUT2D eigenvalue weighted by Crippen LogP contribution is 2.33. The molecule has 1 aliphatic heterocycles. The number of fused-ring (bicyclic) bond motifs is 2. The van der Waals surface area contributed by atoms with Crippen molar-refractivity contribution in [3.8, 4) is 11.5 Å². The first kappa shape index (κ1) is 24.6. The van der Waals surface area contributed by atoms with Crippen molar-refractivity contribution < 1.29 is 18.7 Å². The second-order valence-electron chi connectivity index (χ2n) is 9.38. The number of nitrogens with one attached hydrogen (secondary N) is 1. The molecule has 0 aliphatic carbocycles. The number of hydrogen-bond donors (Lipinski definition) is 1. The van der Waals surface area contributed by atoms with Crippen LogP contribution in [0.4, 0.5) is 5.69 Å². The van der Waals surface area contributed by atoms with Crippen molar-refractivity contribution >= 4 is 22.6 Å². The zero-order chi connectivity index (χ0) is 25.9. The normalized spacial score (nSPS) is 13.3.